The van der Waals surface area contributed by atoms with Crippen LogP contribution in [-0.2, 0) is 6.54 Å². The Balaban J connectivity index is 0.000000771. The van der Waals surface area contributed by atoms with E-state index in [1.165, 1.54) is 42.6 Å². The van der Waals surface area contributed by atoms with Crippen LogP contribution in [0.15, 0.2) is 18.2 Å². The molecule has 1 fully saturated rings. The number of rotatable bonds is 2. The number of hydrogen-bond donors (Lipinski definition) is 0. The van der Waals surface area contributed by atoms with Crippen LogP contribution < -0.4 is 0 Å². The SMILES string of the molecule is CC.Cc1ccc(CN2CCC(C)CC2)cc1C. The van der Waals surface area contributed by atoms with Gasteiger partial charge in [0.15, 0.2) is 0 Å². The molecular formula is C17H29N. The molecule has 0 saturated carbocycles. The summed E-state index contributed by atoms with van der Waals surface area (Å²) in [6, 6.07) is 6.87. The van der Waals surface area contributed by atoms with Crippen molar-refractivity contribution in [2.24, 2.45) is 5.92 Å². The molecule has 0 radical (unpaired) electrons. The summed E-state index contributed by atoms with van der Waals surface area (Å²) in [5.41, 5.74) is 4.29. The summed E-state index contributed by atoms with van der Waals surface area (Å²) in [7, 11) is 0. The van der Waals surface area contributed by atoms with Gasteiger partial charge in [-0.25, -0.2) is 0 Å². The van der Waals surface area contributed by atoms with E-state index >= 15 is 0 Å². The van der Waals surface area contributed by atoms with Crippen molar-refractivity contribution in [1.29, 1.82) is 0 Å². The van der Waals surface area contributed by atoms with Gasteiger partial charge in [-0.2, -0.15) is 0 Å². The predicted molar refractivity (Wildman–Crippen MR) is 80.9 cm³/mol. The van der Waals surface area contributed by atoms with Crippen molar-refractivity contribution in [2.75, 3.05) is 13.1 Å². The van der Waals surface area contributed by atoms with E-state index in [-0.39, 0.29) is 0 Å². The molecule has 102 valence electrons. The molecule has 1 aromatic rings. The maximum atomic E-state index is 2.59. The third kappa shape index (κ3) is 4.45. The topological polar surface area (TPSA) is 3.24 Å². The Labute approximate surface area is 113 Å². The zero-order chi connectivity index (χ0) is 13.5. The average molecular weight is 247 g/mol. The van der Waals surface area contributed by atoms with Crippen molar-refractivity contribution in [3.05, 3.63) is 34.9 Å². The van der Waals surface area contributed by atoms with Crippen LogP contribution in [0, 0.1) is 19.8 Å². The first-order valence-corrected chi connectivity index (χ1v) is 7.43. The molecule has 1 aliphatic rings. The fourth-order valence-electron chi connectivity index (χ4n) is 2.38. The fraction of sp³-hybridized carbons (Fsp3) is 0.647. The quantitative estimate of drug-likeness (QED) is 0.740. The summed E-state index contributed by atoms with van der Waals surface area (Å²) in [5, 5.41) is 0. The highest BCUT2D eigenvalue weighted by Gasteiger charge is 2.15. The zero-order valence-corrected chi connectivity index (χ0v) is 12.8. The summed E-state index contributed by atoms with van der Waals surface area (Å²) in [6.45, 7) is 14.4. The van der Waals surface area contributed by atoms with E-state index in [1.807, 2.05) is 13.8 Å². The summed E-state index contributed by atoms with van der Waals surface area (Å²) < 4.78 is 0. The van der Waals surface area contributed by atoms with Gasteiger partial charge in [0, 0.05) is 6.54 Å². The Morgan fingerprint density at radius 1 is 1.06 bits per heavy atom. The third-order valence-corrected chi connectivity index (χ3v) is 3.85. The second-order valence-electron chi connectivity index (χ2n) is 5.38. The van der Waals surface area contributed by atoms with Crippen LogP contribution in [-0.4, -0.2) is 18.0 Å². The number of nitrogens with zero attached hydrogens (tertiary/aromatic N) is 1. The summed E-state index contributed by atoms with van der Waals surface area (Å²) in [5.74, 6) is 0.927. The lowest BCUT2D eigenvalue weighted by atomic mass is 9.98. The second-order valence-corrected chi connectivity index (χ2v) is 5.38. The summed E-state index contributed by atoms with van der Waals surface area (Å²) >= 11 is 0. The Morgan fingerprint density at radius 2 is 1.67 bits per heavy atom. The first-order chi connectivity index (χ1) is 8.65. The highest BCUT2D eigenvalue weighted by atomic mass is 15.1. The van der Waals surface area contributed by atoms with Gasteiger partial charge >= 0.3 is 0 Å². The summed E-state index contributed by atoms with van der Waals surface area (Å²) in [6.07, 6.45) is 2.73. The molecule has 18 heavy (non-hydrogen) atoms. The Morgan fingerprint density at radius 3 is 2.22 bits per heavy atom. The second kappa shape index (κ2) is 7.58. The molecule has 1 heterocycles. The van der Waals surface area contributed by atoms with Crippen LogP contribution in [0.4, 0.5) is 0 Å². The lowest BCUT2D eigenvalue weighted by molar-refractivity contribution is 0.185. The van der Waals surface area contributed by atoms with Crippen LogP contribution >= 0.6 is 0 Å². The molecule has 0 aliphatic carbocycles. The van der Waals surface area contributed by atoms with Crippen LogP contribution in [0.25, 0.3) is 0 Å². The van der Waals surface area contributed by atoms with Gasteiger partial charge in [-0.3, -0.25) is 4.90 Å². The highest BCUT2D eigenvalue weighted by Crippen LogP contribution is 2.19. The first kappa shape index (κ1) is 15.2. The molecule has 2 rings (SSSR count). The number of benzene rings is 1. The molecule has 1 aromatic carbocycles. The molecule has 0 N–H and O–H groups in total. The van der Waals surface area contributed by atoms with Gasteiger partial charge in [-0.15, -0.1) is 0 Å². The number of aryl methyl sites for hydroxylation is 2. The van der Waals surface area contributed by atoms with Crippen LogP contribution in [0.1, 0.15) is 50.3 Å². The minimum absolute atomic E-state index is 0.927. The van der Waals surface area contributed by atoms with E-state index in [2.05, 4.69) is 43.9 Å². The lowest BCUT2D eigenvalue weighted by Gasteiger charge is -2.30. The first-order valence-electron chi connectivity index (χ1n) is 7.43. The monoisotopic (exact) mass is 247 g/mol. The van der Waals surface area contributed by atoms with Gasteiger partial charge in [-0.05, 0) is 62.4 Å². The highest BCUT2D eigenvalue weighted by molar-refractivity contribution is 5.29. The Kier molecular flexibility index (Phi) is 6.42. The smallest absolute Gasteiger partial charge is 0.0233 e. The van der Waals surface area contributed by atoms with Gasteiger partial charge in [0.2, 0.25) is 0 Å². The van der Waals surface area contributed by atoms with Crippen molar-refractivity contribution in [1.82, 2.24) is 4.90 Å². The predicted octanol–water partition coefficient (Wildman–Crippen LogP) is 4.56. The fourth-order valence-corrected chi connectivity index (χ4v) is 2.38. The van der Waals surface area contributed by atoms with Gasteiger partial charge in [0.05, 0.1) is 0 Å². The Hall–Kier alpha value is -0.820. The minimum atomic E-state index is 0.927. The molecule has 1 heteroatoms. The molecule has 1 nitrogen and oxygen atoms in total. The van der Waals surface area contributed by atoms with Crippen molar-refractivity contribution >= 4 is 0 Å². The van der Waals surface area contributed by atoms with Crippen LogP contribution in [0.3, 0.4) is 0 Å². The molecule has 0 atom stereocenters. The van der Waals surface area contributed by atoms with Crippen LogP contribution in [0.2, 0.25) is 0 Å². The van der Waals surface area contributed by atoms with E-state index in [4.69, 9.17) is 0 Å². The lowest BCUT2D eigenvalue weighted by Crippen LogP contribution is -2.32. The van der Waals surface area contributed by atoms with Gasteiger partial charge in [0.25, 0.3) is 0 Å². The Bertz CT molecular complexity index is 349. The van der Waals surface area contributed by atoms with E-state index < -0.39 is 0 Å². The summed E-state index contributed by atoms with van der Waals surface area (Å²) in [4.78, 5) is 2.59. The van der Waals surface area contributed by atoms with Gasteiger partial charge in [-0.1, -0.05) is 39.0 Å². The van der Waals surface area contributed by atoms with Crippen LogP contribution in [0.5, 0.6) is 0 Å². The molecular weight excluding hydrogens is 218 g/mol. The maximum Gasteiger partial charge on any atom is 0.0233 e. The van der Waals surface area contributed by atoms with E-state index in [9.17, 15) is 0 Å². The molecule has 0 aromatic heterocycles. The van der Waals surface area contributed by atoms with Crippen molar-refractivity contribution < 1.29 is 0 Å². The largest absolute Gasteiger partial charge is 0.299 e. The third-order valence-electron chi connectivity index (χ3n) is 3.85. The normalized spacial score (nSPS) is 17.2. The average Bonchev–Trinajstić information content (AvgIpc) is 2.39. The molecule has 1 saturated heterocycles. The molecule has 0 bridgehead atoms. The molecule has 0 amide bonds. The number of piperidine rings is 1. The number of hydrogen-bond acceptors (Lipinski definition) is 1. The van der Waals surface area contributed by atoms with Crippen molar-refractivity contribution in [3.63, 3.8) is 0 Å². The number of likely N-dealkylation sites (tertiary alicyclic amines) is 1. The minimum Gasteiger partial charge on any atom is -0.299 e. The molecule has 0 spiro atoms. The zero-order valence-electron chi connectivity index (χ0n) is 12.8. The van der Waals surface area contributed by atoms with Gasteiger partial charge in [0.1, 0.15) is 0 Å². The maximum absolute atomic E-state index is 2.59. The van der Waals surface area contributed by atoms with E-state index in [1.54, 1.807) is 0 Å². The van der Waals surface area contributed by atoms with E-state index in [0.29, 0.717) is 0 Å². The van der Waals surface area contributed by atoms with E-state index in [0.717, 1.165) is 12.5 Å². The standard InChI is InChI=1S/C15H23N.C2H6/c1-12-6-8-16(9-7-12)11-15-5-4-13(2)14(3)10-15;1-2/h4-5,10,12H,6-9,11H2,1-3H3;1-2H3. The van der Waals surface area contributed by atoms with Crippen molar-refractivity contribution in [2.45, 2.75) is 54.0 Å². The van der Waals surface area contributed by atoms with Crippen molar-refractivity contribution in [3.8, 4) is 0 Å². The van der Waals surface area contributed by atoms with Gasteiger partial charge < -0.3 is 0 Å². The molecule has 0 unspecified atom stereocenters. The molecule has 1 aliphatic heterocycles.